The molecule has 2 aliphatic heterocycles. The van der Waals surface area contributed by atoms with Crippen LogP contribution in [0.3, 0.4) is 0 Å². The third-order valence-corrected chi connectivity index (χ3v) is 4.52. The molecule has 0 aromatic heterocycles. The van der Waals surface area contributed by atoms with Crippen LogP contribution in [0.2, 0.25) is 0 Å². The highest BCUT2D eigenvalue weighted by Crippen LogP contribution is 2.44. The molecular weight excluding hydrogens is 392 g/mol. The van der Waals surface area contributed by atoms with Crippen LogP contribution in [0.15, 0.2) is 41.0 Å². The number of benzene rings is 1. The van der Waals surface area contributed by atoms with Crippen molar-refractivity contribution in [2.45, 2.75) is 25.6 Å². The van der Waals surface area contributed by atoms with Crippen LogP contribution in [-0.4, -0.2) is 23.7 Å². The lowest BCUT2D eigenvalue weighted by Crippen LogP contribution is -2.39. The first-order valence-corrected chi connectivity index (χ1v) is 8.67. The number of hydrogen-bond acceptors (Lipinski definition) is 10. The molecule has 30 heavy (non-hydrogen) atoms. The van der Waals surface area contributed by atoms with Gasteiger partial charge in [0.1, 0.15) is 23.3 Å². The number of nitrogens with two attached hydrogens (primary N) is 1. The van der Waals surface area contributed by atoms with Crippen molar-refractivity contribution in [1.82, 2.24) is 0 Å². The first-order valence-electron chi connectivity index (χ1n) is 8.67. The highest BCUT2D eigenvalue weighted by atomic mass is 16.8. The molecule has 1 aromatic carbocycles. The first kappa shape index (κ1) is 20.4. The summed E-state index contributed by atoms with van der Waals surface area (Å²) in [6.07, 6.45) is 0. The highest BCUT2D eigenvalue weighted by Gasteiger charge is 2.44. The van der Waals surface area contributed by atoms with Crippen molar-refractivity contribution in [1.29, 1.82) is 15.8 Å². The van der Waals surface area contributed by atoms with Gasteiger partial charge >= 0.3 is 5.97 Å². The number of rotatable bonds is 4. The van der Waals surface area contributed by atoms with Crippen molar-refractivity contribution in [3.63, 3.8) is 0 Å². The normalized spacial score (nSPS) is 18.0. The zero-order valence-electron chi connectivity index (χ0n) is 16.0. The predicted molar refractivity (Wildman–Crippen MR) is 97.8 cm³/mol. The molecule has 10 heteroatoms. The Morgan fingerprint density at radius 2 is 1.83 bits per heavy atom. The maximum absolute atomic E-state index is 12.7. The molecule has 0 spiro atoms. The Morgan fingerprint density at radius 3 is 2.43 bits per heavy atom. The predicted octanol–water partition coefficient (Wildman–Crippen LogP) is 1.98. The molecule has 2 heterocycles. The molecule has 0 saturated heterocycles. The number of allylic oxidation sites excluding steroid dienone is 2. The van der Waals surface area contributed by atoms with Gasteiger partial charge in [0.2, 0.25) is 6.79 Å². The van der Waals surface area contributed by atoms with E-state index in [4.69, 9.17) is 35.2 Å². The molecule has 0 saturated carbocycles. The van der Waals surface area contributed by atoms with Gasteiger partial charge < -0.3 is 29.8 Å². The number of hydrogen-bond donors (Lipinski definition) is 2. The molecule has 10 nitrogen and oxygen atoms in total. The Morgan fingerprint density at radius 1 is 1.17 bits per heavy atom. The molecule has 0 amide bonds. The second-order valence-corrected chi connectivity index (χ2v) is 6.86. The first-order chi connectivity index (χ1) is 14.2. The van der Waals surface area contributed by atoms with Crippen LogP contribution < -0.4 is 15.2 Å². The smallest absolute Gasteiger partial charge is 0.345 e. The summed E-state index contributed by atoms with van der Waals surface area (Å²) in [7, 11) is 0. The highest BCUT2D eigenvalue weighted by molar-refractivity contribution is 5.91. The largest absolute Gasteiger partial charge is 0.480 e. The second-order valence-electron chi connectivity index (χ2n) is 6.86. The van der Waals surface area contributed by atoms with Crippen molar-refractivity contribution in [2.75, 3.05) is 6.79 Å². The quantitative estimate of drug-likeness (QED) is 0.554. The maximum Gasteiger partial charge on any atom is 0.345 e. The summed E-state index contributed by atoms with van der Waals surface area (Å²) in [6, 6.07) is 9.77. The van der Waals surface area contributed by atoms with E-state index in [1.54, 1.807) is 24.3 Å². The van der Waals surface area contributed by atoms with Crippen molar-refractivity contribution < 1.29 is 28.8 Å². The van der Waals surface area contributed by atoms with Crippen molar-refractivity contribution in [2.24, 2.45) is 11.7 Å². The molecule has 0 radical (unpaired) electrons. The van der Waals surface area contributed by atoms with Crippen molar-refractivity contribution in [3.8, 4) is 29.7 Å². The molecule has 152 valence electrons. The van der Waals surface area contributed by atoms with Gasteiger partial charge in [0, 0.05) is 19.8 Å². The summed E-state index contributed by atoms with van der Waals surface area (Å²) >= 11 is 0. The van der Waals surface area contributed by atoms with Crippen LogP contribution in [0.1, 0.15) is 25.3 Å². The number of nitrogens with zero attached hydrogens (tertiary/aromatic N) is 3. The summed E-state index contributed by atoms with van der Waals surface area (Å²) in [5.41, 5.74) is 5.06. The van der Waals surface area contributed by atoms with E-state index >= 15 is 0 Å². The molecule has 0 bridgehead atoms. The molecule has 0 fully saturated rings. The average Bonchev–Trinajstić information content (AvgIpc) is 3.14. The Balaban J connectivity index is 2.24. The monoisotopic (exact) mass is 408 g/mol. The van der Waals surface area contributed by atoms with Gasteiger partial charge in [-0.05, 0) is 17.7 Å². The minimum absolute atomic E-state index is 0.00647. The number of carbonyl (C=O) groups is 1. The standard InChI is InChI=1S/C20H16N4O6/c1-20(2)29-18(25)16(19(26)30-20)15(12(8-23)17(24)11(6-21)7-22)10-3-4-13-14(5-10)28-9-27-13/h3-5,12,15,25H,9,24H2,1-2H3/t12-,15-/m0/s1. The number of aliphatic hydroxyl groups is 1. The number of esters is 1. The number of nitriles is 3. The van der Waals surface area contributed by atoms with Gasteiger partial charge in [0.25, 0.3) is 11.7 Å². The van der Waals surface area contributed by atoms with Crippen LogP contribution in [0.5, 0.6) is 11.5 Å². The van der Waals surface area contributed by atoms with E-state index in [0.717, 1.165) is 0 Å². The van der Waals surface area contributed by atoms with Crippen LogP contribution >= 0.6 is 0 Å². The van der Waals surface area contributed by atoms with E-state index in [9.17, 15) is 15.2 Å². The fourth-order valence-corrected chi connectivity index (χ4v) is 3.20. The average molecular weight is 408 g/mol. The van der Waals surface area contributed by atoms with Gasteiger partial charge in [-0.15, -0.1) is 0 Å². The van der Waals surface area contributed by atoms with Gasteiger partial charge in [0.15, 0.2) is 11.5 Å². The number of cyclic esters (lactones) is 1. The third-order valence-electron chi connectivity index (χ3n) is 4.52. The Labute approximate surface area is 171 Å². The molecule has 0 aliphatic carbocycles. The lowest BCUT2D eigenvalue weighted by Gasteiger charge is -2.34. The number of ether oxygens (including phenoxy) is 4. The van der Waals surface area contributed by atoms with Gasteiger partial charge in [-0.3, -0.25) is 0 Å². The Hall–Kier alpha value is -4.36. The molecule has 3 rings (SSSR count). The topological polar surface area (TPSA) is 172 Å². The van der Waals surface area contributed by atoms with Gasteiger partial charge in [-0.2, -0.15) is 15.8 Å². The number of aliphatic hydroxyl groups excluding tert-OH is 1. The lowest BCUT2D eigenvalue weighted by molar-refractivity contribution is -0.222. The van der Waals surface area contributed by atoms with Crippen LogP contribution in [-0.2, 0) is 14.3 Å². The van der Waals surface area contributed by atoms with E-state index in [0.29, 0.717) is 17.1 Å². The minimum Gasteiger partial charge on any atom is -0.480 e. The maximum atomic E-state index is 12.7. The molecule has 0 unspecified atom stereocenters. The Bertz CT molecular complexity index is 1080. The lowest BCUT2D eigenvalue weighted by atomic mass is 9.78. The second kappa shape index (κ2) is 7.57. The van der Waals surface area contributed by atoms with Crippen LogP contribution in [0, 0.1) is 39.9 Å². The summed E-state index contributed by atoms with van der Waals surface area (Å²) < 4.78 is 21.1. The van der Waals surface area contributed by atoms with E-state index in [-0.39, 0.29) is 18.1 Å². The summed E-state index contributed by atoms with van der Waals surface area (Å²) in [4.78, 5) is 12.7. The van der Waals surface area contributed by atoms with E-state index < -0.39 is 35.1 Å². The summed E-state index contributed by atoms with van der Waals surface area (Å²) in [5.74, 6) is -4.93. The van der Waals surface area contributed by atoms with Gasteiger partial charge in [0.05, 0.1) is 17.7 Å². The summed E-state index contributed by atoms with van der Waals surface area (Å²) in [5, 5.41) is 38.7. The molecule has 1 aromatic rings. The fraction of sp³-hybridized carbons (Fsp3) is 0.300. The number of carbonyl (C=O) groups excluding carboxylic acids is 1. The van der Waals surface area contributed by atoms with E-state index in [2.05, 4.69) is 0 Å². The number of fused-ring (bicyclic) bond motifs is 1. The summed E-state index contributed by atoms with van der Waals surface area (Å²) in [6.45, 7) is 2.84. The Kier molecular flexibility index (Phi) is 5.14. The molecule has 3 N–H and O–H groups in total. The SMILES string of the molecule is CC1(C)OC(=O)C([C@@H](c2ccc3c(c2)OCO3)[C@H](C#N)C(N)=C(C#N)C#N)=C(O)O1. The van der Waals surface area contributed by atoms with Crippen LogP contribution in [0.25, 0.3) is 0 Å². The fourth-order valence-electron chi connectivity index (χ4n) is 3.20. The third kappa shape index (κ3) is 3.52. The van der Waals surface area contributed by atoms with E-state index in [1.165, 1.54) is 19.9 Å². The van der Waals surface area contributed by atoms with Gasteiger partial charge in [-0.1, -0.05) is 6.07 Å². The zero-order chi connectivity index (χ0) is 22.1. The minimum atomic E-state index is -1.43. The molecule has 2 aliphatic rings. The van der Waals surface area contributed by atoms with Crippen molar-refractivity contribution in [3.05, 3.63) is 46.6 Å². The zero-order valence-corrected chi connectivity index (χ0v) is 16.0. The van der Waals surface area contributed by atoms with Crippen molar-refractivity contribution >= 4 is 5.97 Å². The van der Waals surface area contributed by atoms with Crippen LogP contribution in [0.4, 0.5) is 0 Å². The van der Waals surface area contributed by atoms with E-state index in [1.807, 2.05) is 6.07 Å². The molecular formula is C20H16N4O6. The van der Waals surface area contributed by atoms with Gasteiger partial charge in [-0.25, -0.2) is 4.79 Å². The molecule has 2 atom stereocenters.